The molecule has 0 bridgehead atoms. The molecule has 0 aromatic carbocycles. The van der Waals surface area contributed by atoms with Gasteiger partial charge in [-0.15, -0.1) is 0 Å². The first kappa shape index (κ1) is 12.0. The van der Waals surface area contributed by atoms with E-state index < -0.39 is 5.54 Å². The first-order valence-electron chi connectivity index (χ1n) is 7.34. The smallest absolute Gasteiger partial charge is 0.246 e. The number of carbonyl (C=O) groups excluding carboxylic acids is 2. The van der Waals surface area contributed by atoms with Gasteiger partial charge in [0.2, 0.25) is 11.8 Å². The van der Waals surface area contributed by atoms with E-state index in [4.69, 9.17) is 0 Å². The molecule has 100 valence electrons. The van der Waals surface area contributed by atoms with Crippen LogP contribution in [0.15, 0.2) is 0 Å². The van der Waals surface area contributed by atoms with E-state index in [9.17, 15) is 9.59 Å². The van der Waals surface area contributed by atoms with Crippen LogP contribution in [-0.4, -0.2) is 34.8 Å². The molecule has 4 nitrogen and oxygen atoms in total. The van der Waals surface area contributed by atoms with E-state index in [1.807, 2.05) is 4.90 Å². The van der Waals surface area contributed by atoms with E-state index in [2.05, 4.69) is 5.32 Å². The molecule has 1 aliphatic heterocycles. The average Bonchev–Trinajstić information content (AvgIpc) is 2.99. The van der Waals surface area contributed by atoms with Crippen LogP contribution in [0.5, 0.6) is 0 Å². The van der Waals surface area contributed by atoms with Crippen molar-refractivity contribution in [3.63, 3.8) is 0 Å². The van der Waals surface area contributed by atoms with Crippen molar-refractivity contribution in [3.8, 4) is 0 Å². The third-order valence-corrected chi connectivity index (χ3v) is 4.91. The molecule has 0 aromatic rings. The highest BCUT2D eigenvalue weighted by atomic mass is 16.2. The highest BCUT2D eigenvalue weighted by Gasteiger charge is 2.51. The Labute approximate surface area is 108 Å². The van der Waals surface area contributed by atoms with Gasteiger partial charge in [-0.2, -0.15) is 0 Å². The van der Waals surface area contributed by atoms with Crippen LogP contribution in [0.4, 0.5) is 0 Å². The second kappa shape index (κ2) is 4.56. The Morgan fingerprint density at radius 1 is 1.17 bits per heavy atom. The second-order valence-corrected chi connectivity index (χ2v) is 5.99. The molecular weight excluding hydrogens is 228 g/mol. The predicted octanol–water partition coefficient (Wildman–Crippen LogP) is 1.59. The van der Waals surface area contributed by atoms with Gasteiger partial charge in [0, 0.05) is 19.0 Å². The fourth-order valence-corrected chi connectivity index (χ4v) is 3.74. The van der Waals surface area contributed by atoms with Gasteiger partial charge in [-0.3, -0.25) is 9.59 Å². The Balaban J connectivity index is 1.72. The third kappa shape index (κ3) is 1.82. The molecular formula is C14H22N2O2. The van der Waals surface area contributed by atoms with E-state index >= 15 is 0 Å². The topological polar surface area (TPSA) is 49.4 Å². The molecule has 2 saturated carbocycles. The molecule has 2 aliphatic carbocycles. The maximum Gasteiger partial charge on any atom is 0.246 e. The minimum Gasteiger partial charge on any atom is -0.351 e. The van der Waals surface area contributed by atoms with Gasteiger partial charge >= 0.3 is 0 Å². The Hall–Kier alpha value is -1.06. The SMILES string of the molecule is O=C1CCN1C1(C(=O)NC2CCCC2)CCCC1. The van der Waals surface area contributed by atoms with Crippen LogP contribution in [0.2, 0.25) is 0 Å². The highest BCUT2D eigenvalue weighted by molar-refractivity contribution is 5.94. The molecule has 0 unspecified atom stereocenters. The molecule has 18 heavy (non-hydrogen) atoms. The molecule has 3 rings (SSSR count). The summed E-state index contributed by atoms with van der Waals surface area (Å²) >= 11 is 0. The van der Waals surface area contributed by atoms with Crippen molar-refractivity contribution in [1.82, 2.24) is 10.2 Å². The molecule has 0 radical (unpaired) electrons. The quantitative estimate of drug-likeness (QED) is 0.773. The molecule has 0 atom stereocenters. The number of β-lactam (4-membered cyclic amide) rings is 1. The maximum absolute atomic E-state index is 12.6. The standard InChI is InChI=1S/C14H22N2O2/c17-12-7-10-16(12)14(8-3-4-9-14)13(18)15-11-5-1-2-6-11/h11H,1-10H2,(H,15,18). The summed E-state index contributed by atoms with van der Waals surface area (Å²) in [5, 5.41) is 3.20. The van der Waals surface area contributed by atoms with Gasteiger partial charge in [0.25, 0.3) is 0 Å². The van der Waals surface area contributed by atoms with Crippen molar-refractivity contribution in [1.29, 1.82) is 0 Å². The summed E-state index contributed by atoms with van der Waals surface area (Å²) in [4.78, 5) is 26.1. The zero-order valence-corrected chi connectivity index (χ0v) is 10.9. The lowest BCUT2D eigenvalue weighted by atomic mass is 9.89. The van der Waals surface area contributed by atoms with Crippen LogP contribution in [0.25, 0.3) is 0 Å². The van der Waals surface area contributed by atoms with Gasteiger partial charge in [-0.05, 0) is 25.7 Å². The number of carbonyl (C=O) groups is 2. The highest BCUT2D eigenvalue weighted by Crippen LogP contribution is 2.39. The van der Waals surface area contributed by atoms with Crippen LogP contribution in [0.1, 0.15) is 57.8 Å². The summed E-state index contributed by atoms with van der Waals surface area (Å²) in [5.74, 6) is 0.290. The number of rotatable bonds is 3. The first-order valence-corrected chi connectivity index (χ1v) is 7.34. The summed E-state index contributed by atoms with van der Waals surface area (Å²) < 4.78 is 0. The fourth-order valence-electron chi connectivity index (χ4n) is 3.74. The summed E-state index contributed by atoms with van der Waals surface area (Å²) in [6.07, 6.45) is 9.14. The Morgan fingerprint density at radius 3 is 2.33 bits per heavy atom. The molecule has 0 aromatic heterocycles. The molecule has 3 aliphatic rings. The molecule has 0 spiro atoms. The van der Waals surface area contributed by atoms with Crippen molar-refractivity contribution in [2.75, 3.05) is 6.54 Å². The van der Waals surface area contributed by atoms with Gasteiger partial charge in [-0.25, -0.2) is 0 Å². The van der Waals surface area contributed by atoms with Crippen LogP contribution in [0.3, 0.4) is 0 Å². The van der Waals surface area contributed by atoms with Crippen molar-refractivity contribution < 1.29 is 9.59 Å². The molecule has 2 amide bonds. The van der Waals surface area contributed by atoms with Gasteiger partial charge in [0.1, 0.15) is 5.54 Å². The molecule has 4 heteroatoms. The van der Waals surface area contributed by atoms with Crippen molar-refractivity contribution in [2.24, 2.45) is 0 Å². The van der Waals surface area contributed by atoms with Gasteiger partial charge in [-0.1, -0.05) is 25.7 Å². The normalized spacial score (nSPS) is 27.3. The number of nitrogens with one attached hydrogen (secondary N) is 1. The van der Waals surface area contributed by atoms with E-state index in [-0.39, 0.29) is 11.8 Å². The number of nitrogens with zero attached hydrogens (tertiary/aromatic N) is 1. The number of hydrogen-bond donors (Lipinski definition) is 1. The maximum atomic E-state index is 12.6. The zero-order chi connectivity index (χ0) is 12.6. The van der Waals surface area contributed by atoms with E-state index in [1.54, 1.807) is 0 Å². The lowest BCUT2D eigenvalue weighted by molar-refractivity contribution is -0.157. The van der Waals surface area contributed by atoms with Crippen LogP contribution < -0.4 is 5.32 Å². The van der Waals surface area contributed by atoms with Crippen molar-refractivity contribution in [2.45, 2.75) is 69.4 Å². The first-order chi connectivity index (χ1) is 8.72. The van der Waals surface area contributed by atoms with Gasteiger partial charge in [0.15, 0.2) is 0 Å². The molecule has 1 saturated heterocycles. The number of hydrogen-bond acceptors (Lipinski definition) is 2. The predicted molar refractivity (Wildman–Crippen MR) is 67.9 cm³/mol. The van der Waals surface area contributed by atoms with Crippen LogP contribution >= 0.6 is 0 Å². The lowest BCUT2D eigenvalue weighted by Gasteiger charge is -2.45. The van der Waals surface area contributed by atoms with E-state index in [0.717, 1.165) is 45.1 Å². The Morgan fingerprint density at radius 2 is 1.83 bits per heavy atom. The summed E-state index contributed by atoms with van der Waals surface area (Å²) in [6, 6.07) is 0.353. The van der Waals surface area contributed by atoms with Crippen molar-refractivity contribution >= 4 is 11.8 Å². The molecule has 3 fully saturated rings. The number of likely N-dealkylation sites (tertiary alicyclic amines) is 1. The Kier molecular flexibility index (Phi) is 3.04. The van der Waals surface area contributed by atoms with E-state index in [0.29, 0.717) is 12.5 Å². The van der Waals surface area contributed by atoms with Crippen molar-refractivity contribution in [3.05, 3.63) is 0 Å². The van der Waals surface area contributed by atoms with Crippen LogP contribution in [-0.2, 0) is 9.59 Å². The Bertz CT molecular complexity index is 355. The van der Waals surface area contributed by atoms with Gasteiger partial charge < -0.3 is 10.2 Å². The fraction of sp³-hybridized carbons (Fsp3) is 0.857. The van der Waals surface area contributed by atoms with Gasteiger partial charge in [0.05, 0.1) is 0 Å². The summed E-state index contributed by atoms with van der Waals surface area (Å²) in [7, 11) is 0. The monoisotopic (exact) mass is 250 g/mol. The van der Waals surface area contributed by atoms with Crippen LogP contribution in [0, 0.1) is 0 Å². The minimum atomic E-state index is -0.488. The second-order valence-electron chi connectivity index (χ2n) is 5.99. The summed E-state index contributed by atoms with van der Waals surface area (Å²) in [6.45, 7) is 0.775. The average molecular weight is 250 g/mol. The lowest BCUT2D eigenvalue weighted by Crippen LogP contribution is -2.64. The molecule has 1 heterocycles. The third-order valence-electron chi connectivity index (χ3n) is 4.91. The molecule has 1 N–H and O–H groups in total. The summed E-state index contributed by atoms with van der Waals surface area (Å²) in [5.41, 5.74) is -0.488. The number of amides is 2. The van der Waals surface area contributed by atoms with E-state index in [1.165, 1.54) is 12.8 Å². The zero-order valence-electron chi connectivity index (χ0n) is 10.9. The minimum absolute atomic E-state index is 0.125. The largest absolute Gasteiger partial charge is 0.351 e.